The van der Waals surface area contributed by atoms with Gasteiger partial charge in [0.05, 0.1) is 11.6 Å². The maximum absolute atomic E-state index is 4.49. The molecular weight excluding hydrogens is 733 g/mol. The molecule has 2 radical (unpaired) electrons. The summed E-state index contributed by atoms with van der Waals surface area (Å²) in [4.78, 5) is 8.79. The van der Waals surface area contributed by atoms with E-state index in [4.69, 9.17) is 0 Å². The molecule has 0 aliphatic carbocycles. The Hall–Kier alpha value is -1.98. The monoisotopic (exact) mass is 758 g/mol. The van der Waals surface area contributed by atoms with E-state index >= 15 is 0 Å². The molecule has 0 aliphatic heterocycles. The average molecular weight is 757 g/mol. The van der Waals surface area contributed by atoms with Crippen molar-refractivity contribution in [2.45, 2.75) is 26.7 Å². The van der Waals surface area contributed by atoms with E-state index in [2.05, 4.69) is 39.2 Å². The number of aryl methyl sites for hydroxylation is 4. The van der Waals surface area contributed by atoms with Gasteiger partial charge >= 0.3 is 0 Å². The smallest absolute Gasteiger partial charge is 0.140 e. The summed E-state index contributed by atoms with van der Waals surface area (Å²) < 4.78 is 3.58. The molecule has 6 nitrogen and oxygen atoms in total. The molecular formula is C22H24Ir2N6-2. The van der Waals surface area contributed by atoms with Gasteiger partial charge in [-0.25, -0.2) is 0 Å². The second kappa shape index (κ2) is 12.7. The molecule has 0 saturated heterocycles. The summed E-state index contributed by atoms with van der Waals surface area (Å²) >= 11 is 0. The van der Waals surface area contributed by atoms with Gasteiger partial charge in [0, 0.05) is 60.7 Å². The molecule has 2 aromatic carbocycles. The van der Waals surface area contributed by atoms with Gasteiger partial charge in [-0.05, 0) is 13.3 Å². The normalized spacial score (nSPS) is 9.73. The van der Waals surface area contributed by atoms with Gasteiger partial charge in [0.1, 0.15) is 11.6 Å². The first kappa shape index (κ1) is 26.1. The van der Waals surface area contributed by atoms with Crippen molar-refractivity contribution >= 4 is 0 Å². The van der Waals surface area contributed by atoms with Crippen LogP contribution in [-0.2, 0) is 60.7 Å². The molecule has 0 atom stereocenters. The van der Waals surface area contributed by atoms with E-state index in [0.717, 1.165) is 47.3 Å². The van der Waals surface area contributed by atoms with Crippen molar-refractivity contribution in [2.24, 2.45) is 14.1 Å². The topological polar surface area (TPSA) is 61.4 Å². The van der Waals surface area contributed by atoms with Gasteiger partial charge in [0.2, 0.25) is 0 Å². The van der Waals surface area contributed by atoms with Crippen molar-refractivity contribution in [1.82, 2.24) is 29.5 Å². The van der Waals surface area contributed by atoms with Crippen LogP contribution in [0.4, 0.5) is 0 Å². The third-order valence-corrected chi connectivity index (χ3v) is 4.05. The number of hydrogen-bond acceptors (Lipinski definition) is 4. The Morgan fingerprint density at radius 2 is 1.33 bits per heavy atom. The van der Waals surface area contributed by atoms with Crippen molar-refractivity contribution in [3.05, 3.63) is 72.3 Å². The van der Waals surface area contributed by atoms with E-state index in [1.54, 1.807) is 4.68 Å². The van der Waals surface area contributed by atoms with E-state index in [0.29, 0.717) is 0 Å². The number of nitrogens with zero attached hydrogens (tertiary/aromatic N) is 6. The van der Waals surface area contributed by atoms with Gasteiger partial charge in [-0.2, -0.15) is 10.2 Å². The minimum absolute atomic E-state index is 0. The Labute approximate surface area is 204 Å². The molecule has 162 valence electrons. The summed E-state index contributed by atoms with van der Waals surface area (Å²) in [6, 6.07) is 21.9. The predicted octanol–water partition coefficient (Wildman–Crippen LogP) is 3.82. The maximum Gasteiger partial charge on any atom is 0.140 e. The maximum atomic E-state index is 4.49. The second-order valence-electron chi connectivity index (χ2n) is 6.38. The van der Waals surface area contributed by atoms with Crippen molar-refractivity contribution < 1.29 is 40.2 Å². The van der Waals surface area contributed by atoms with Crippen molar-refractivity contribution in [3.8, 4) is 22.8 Å². The van der Waals surface area contributed by atoms with Crippen molar-refractivity contribution in [2.75, 3.05) is 0 Å². The Morgan fingerprint density at radius 3 is 1.77 bits per heavy atom. The summed E-state index contributed by atoms with van der Waals surface area (Å²) in [6.07, 6.45) is 2.00. The minimum Gasteiger partial charge on any atom is -0.289 e. The van der Waals surface area contributed by atoms with E-state index in [-0.39, 0.29) is 40.2 Å². The first-order valence-electron chi connectivity index (χ1n) is 9.30. The van der Waals surface area contributed by atoms with Gasteiger partial charge in [-0.1, -0.05) is 6.92 Å². The fourth-order valence-corrected chi connectivity index (χ4v) is 2.81. The Morgan fingerprint density at radius 1 is 0.800 bits per heavy atom. The van der Waals surface area contributed by atoms with Crippen LogP contribution in [-0.4, -0.2) is 29.5 Å². The van der Waals surface area contributed by atoms with Crippen LogP contribution in [0.15, 0.2) is 48.5 Å². The fourth-order valence-electron chi connectivity index (χ4n) is 2.81. The van der Waals surface area contributed by atoms with E-state index in [1.165, 1.54) is 0 Å². The zero-order chi connectivity index (χ0) is 19.9. The summed E-state index contributed by atoms with van der Waals surface area (Å²) in [5.74, 6) is 3.44. The Balaban J connectivity index is 0.000000284. The third-order valence-electron chi connectivity index (χ3n) is 4.05. The van der Waals surface area contributed by atoms with Gasteiger partial charge in [-0.3, -0.25) is 19.3 Å². The minimum atomic E-state index is 0. The van der Waals surface area contributed by atoms with Crippen LogP contribution < -0.4 is 0 Å². The number of benzene rings is 2. The van der Waals surface area contributed by atoms with E-state index in [9.17, 15) is 0 Å². The zero-order valence-corrected chi connectivity index (χ0v) is 22.2. The van der Waals surface area contributed by atoms with E-state index in [1.807, 2.05) is 74.2 Å². The summed E-state index contributed by atoms with van der Waals surface area (Å²) in [5.41, 5.74) is 1.97. The quantitative estimate of drug-likeness (QED) is 0.298. The molecule has 0 aliphatic rings. The predicted molar refractivity (Wildman–Crippen MR) is 109 cm³/mol. The average Bonchev–Trinajstić information content (AvgIpc) is 3.25. The number of hydrogen-bond donors (Lipinski definition) is 0. The molecule has 0 fully saturated rings. The van der Waals surface area contributed by atoms with Gasteiger partial charge in [0.25, 0.3) is 0 Å². The van der Waals surface area contributed by atoms with Crippen LogP contribution in [0.2, 0.25) is 0 Å². The van der Waals surface area contributed by atoms with Gasteiger partial charge < -0.3 is 0 Å². The molecule has 8 heteroatoms. The molecule has 0 N–H and O–H groups in total. The van der Waals surface area contributed by atoms with Crippen LogP contribution >= 0.6 is 0 Å². The SMILES string of the molecule is CCCc1nc(-c2[c-]cccc2)n(C)n1.Cc1nc(-c2[c-]cccc2)n(C)n1.[Ir].[Ir]. The van der Waals surface area contributed by atoms with Crippen LogP contribution in [0, 0.1) is 19.1 Å². The van der Waals surface area contributed by atoms with Gasteiger partial charge in [-0.15, -0.1) is 71.8 Å². The second-order valence-corrected chi connectivity index (χ2v) is 6.38. The molecule has 2 heterocycles. The number of aromatic nitrogens is 6. The van der Waals surface area contributed by atoms with Crippen LogP contribution in [0.5, 0.6) is 0 Å². The summed E-state index contributed by atoms with van der Waals surface area (Å²) in [5, 5.41) is 8.54. The molecule has 4 aromatic rings. The first-order valence-corrected chi connectivity index (χ1v) is 9.30. The van der Waals surface area contributed by atoms with Crippen LogP contribution in [0.25, 0.3) is 22.8 Å². The molecule has 0 unspecified atom stereocenters. The molecule has 0 amide bonds. The molecule has 0 spiro atoms. The number of rotatable bonds is 4. The Bertz CT molecular complexity index is 1010. The molecule has 0 bridgehead atoms. The molecule has 30 heavy (non-hydrogen) atoms. The molecule has 4 rings (SSSR count). The van der Waals surface area contributed by atoms with Crippen molar-refractivity contribution in [1.29, 1.82) is 0 Å². The Kier molecular flexibility index (Phi) is 11.0. The van der Waals surface area contributed by atoms with Crippen LogP contribution in [0.3, 0.4) is 0 Å². The van der Waals surface area contributed by atoms with Crippen molar-refractivity contribution in [3.63, 3.8) is 0 Å². The third kappa shape index (κ3) is 6.78. The van der Waals surface area contributed by atoms with Gasteiger partial charge in [0.15, 0.2) is 0 Å². The molecule has 0 saturated carbocycles. The summed E-state index contributed by atoms with van der Waals surface area (Å²) in [6.45, 7) is 4.01. The fraction of sp³-hybridized carbons (Fsp3) is 0.273. The zero-order valence-electron chi connectivity index (χ0n) is 17.4. The first-order chi connectivity index (χ1) is 13.6. The largest absolute Gasteiger partial charge is 0.289 e. The molecule has 2 aromatic heterocycles. The summed E-state index contributed by atoms with van der Waals surface area (Å²) in [7, 11) is 3.80. The van der Waals surface area contributed by atoms with E-state index < -0.39 is 0 Å². The standard InChI is InChI=1S/C12H14N3.C10H10N3.2Ir/c1-3-7-11-13-12(15(2)14-11)10-8-5-4-6-9-10;1-8-11-10(13(2)12-8)9-6-4-3-5-7-9;;/h4-6,8H,3,7H2,1-2H3;3-6H,1-2H3;;/q2*-1;;. The van der Waals surface area contributed by atoms with Crippen LogP contribution in [0.1, 0.15) is 25.0 Å².